The molecular weight excluding hydrogens is 320 g/mol. The Morgan fingerprint density at radius 1 is 1.36 bits per heavy atom. The fraction of sp³-hybridized carbons (Fsp3) is 0.294. The van der Waals surface area contributed by atoms with Crippen LogP contribution in [0, 0.1) is 0 Å². The maximum atomic E-state index is 12.5. The van der Waals surface area contributed by atoms with Crippen LogP contribution in [0.2, 0.25) is 0 Å². The van der Waals surface area contributed by atoms with Crippen LogP contribution in [-0.4, -0.2) is 31.3 Å². The highest BCUT2D eigenvalue weighted by Crippen LogP contribution is 2.25. The van der Waals surface area contributed by atoms with Crippen molar-refractivity contribution in [3.63, 3.8) is 0 Å². The maximum absolute atomic E-state index is 12.5. The Morgan fingerprint density at radius 2 is 2.24 bits per heavy atom. The van der Waals surface area contributed by atoms with E-state index < -0.39 is 0 Å². The van der Waals surface area contributed by atoms with E-state index in [9.17, 15) is 4.79 Å². The summed E-state index contributed by atoms with van der Waals surface area (Å²) in [4.78, 5) is 24.0. The highest BCUT2D eigenvalue weighted by Gasteiger charge is 2.18. The molecule has 0 bridgehead atoms. The summed E-state index contributed by atoms with van der Waals surface area (Å²) < 4.78 is 7.52. The van der Waals surface area contributed by atoms with Crippen molar-refractivity contribution in [2.75, 3.05) is 11.9 Å². The largest absolute Gasteiger partial charge is 0.487 e. The fourth-order valence-corrected chi connectivity index (χ4v) is 2.90. The average Bonchev–Trinajstić information content (AvgIpc) is 2.91. The van der Waals surface area contributed by atoms with E-state index in [0.29, 0.717) is 36.6 Å². The number of benzene rings is 1. The van der Waals surface area contributed by atoms with Crippen molar-refractivity contribution in [3.05, 3.63) is 63.6 Å². The lowest BCUT2D eigenvalue weighted by Crippen LogP contribution is -2.21. The number of fused-ring (bicyclic) bond motifs is 2. The molecule has 2 N–H and O–H groups in total. The minimum Gasteiger partial charge on any atom is -0.487 e. The van der Waals surface area contributed by atoms with Crippen LogP contribution in [0.3, 0.4) is 0 Å². The van der Waals surface area contributed by atoms with E-state index in [0.717, 1.165) is 17.1 Å². The zero-order valence-corrected chi connectivity index (χ0v) is 13.8. The second-order valence-corrected chi connectivity index (χ2v) is 5.89. The van der Waals surface area contributed by atoms with Crippen molar-refractivity contribution < 1.29 is 4.74 Å². The Kier molecular flexibility index (Phi) is 3.93. The maximum Gasteiger partial charge on any atom is 0.256 e. The standard InChI is InChI=1S/C17H18N6O2/c1-23-15(19-10-20-23)6-7-18-17-21-13-9-25-14-5-3-2-4-11(14)8-12(13)16(24)22-17/h2-5,10H,6-9H2,1H3,(H2,18,21,22,24). The van der Waals surface area contributed by atoms with Gasteiger partial charge >= 0.3 is 0 Å². The van der Waals surface area contributed by atoms with Crippen LogP contribution in [0.25, 0.3) is 0 Å². The SMILES string of the molecule is Cn1ncnc1CCNc1nc2c(c(=O)[nH]1)Cc1ccccc1OC2. The van der Waals surface area contributed by atoms with Gasteiger partial charge in [-0.15, -0.1) is 0 Å². The summed E-state index contributed by atoms with van der Waals surface area (Å²) in [5, 5.41) is 7.17. The summed E-state index contributed by atoms with van der Waals surface area (Å²) in [5.74, 6) is 2.11. The number of hydrogen-bond acceptors (Lipinski definition) is 6. The average molecular weight is 338 g/mol. The van der Waals surface area contributed by atoms with Gasteiger partial charge < -0.3 is 10.1 Å². The highest BCUT2D eigenvalue weighted by atomic mass is 16.5. The lowest BCUT2D eigenvalue weighted by molar-refractivity contribution is 0.302. The number of nitrogens with zero attached hydrogens (tertiary/aromatic N) is 4. The van der Waals surface area contributed by atoms with Crippen LogP contribution in [-0.2, 0) is 26.5 Å². The molecule has 1 aromatic carbocycles. The molecule has 0 saturated carbocycles. The minimum absolute atomic E-state index is 0.133. The van der Waals surface area contributed by atoms with Gasteiger partial charge in [-0.1, -0.05) is 18.2 Å². The van der Waals surface area contributed by atoms with Gasteiger partial charge in [0.25, 0.3) is 5.56 Å². The number of nitrogens with one attached hydrogen (secondary N) is 2. The van der Waals surface area contributed by atoms with E-state index in [4.69, 9.17) is 4.74 Å². The Morgan fingerprint density at radius 3 is 3.08 bits per heavy atom. The third kappa shape index (κ3) is 3.10. The molecule has 0 saturated heterocycles. The van der Waals surface area contributed by atoms with Crippen molar-refractivity contribution in [3.8, 4) is 5.75 Å². The second kappa shape index (κ2) is 6.39. The Balaban J connectivity index is 1.52. The first-order valence-corrected chi connectivity index (χ1v) is 8.10. The number of ether oxygens (including phenoxy) is 1. The molecule has 0 spiro atoms. The molecule has 1 aliphatic heterocycles. The van der Waals surface area contributed by atoms with Gasteiger partial charge in [0, 0.05) is 32.0 Å². The molecule has 0 atom stereocenters. The van der Waals surface area contributed by atoms with Crippen molar-refractivity contribution >= 4 is 5.95 Å². The molecule has 0 fully saturated rings. The Bertz CT molecular complexity index is 962. The second-order valence-electron chi connectivity index (χ2n) is 5.89. The first-order chi connectivity index (χ1) is 12.2. The molecule has 4 rings (SSSR count). The third-order valence-electron chi connectivity index (χ3n) is 4.25. The van der Waals surface area contributed by atoms with E-state index in [1.807, 2.05) is 31.3 Å². The summed E-state index contributed by atoms with van der Waals surface area (Å²) >= 11 is 0. The number of anilines is 1. The van der Waals surface area contributed by atoms with Gasteiger partial charge in [-0.3, -0.25) is 14.5 Å². The van der Waals surface area contributed by atoms with E-state index in [-0.39, 0.29) is 12.2 Å². The van der Waals surface area contributed by atoms with Crippen LogP contribution in [0.5, 0.6) is 5.75 Å². The van der Waals surface area contributed by atoms with Gasteiger partial charge in [-0.05, 0) is 11.6 Å². The minimum atomic E-state index is -0.133. The van der Waals surface area contributed by atoms with Gasteiger partial charge in [0.1, 0.15) is 24.5 Å². The smallest absolute Gasteiger partial charge is 0.256 e. The number of aromatic nitrogens is 5. The molecule has 1 aliphatic rings. The number of aromatic amines is 1. The van der Waals surface area contributed by atoms with E-state index in [1.54, 1.807) is 4.68 Å². The molecule has 2 aromatic heterocycles. The van der Waals surface area contributed by atoms with E-state index >= 15 is 0 Å². The van der Waals surface area contributed by atoms with Gasteiger partial charge in [0.05, 0.1) is 5.69 Å². The molecule has 0 aliphatic carbocycles. The van der Waals surface area contributed by atoms with Crippen LogP contribution in [0.1, 0.15) is 22.6 Å². The lowest BCUT2D eigenvalue weighted by atomic mass is 10.1. The summed E-state index contributed by atoms with van der Waals surface area (Å²) in [7, 11) is 1.85. The van der Waals surface area contributed by atoms with E-state index in [2.05, 4.69) is 25.4 Å². The number of H-pyrrole nitrogens is 1. The first kappa shape index (κ1) is 15.4. The molecular formula is C17H18N6O2. The molecule has 25 heavy (non-hydrogen) atoms. The predicted molar refractivity (Wildman–Crippen MR) is 91.6 cm³/mol. The summed E-state index contributed by atoms with van der Waals surface area (Å²) in [6.07, 6.45) is 2.72. The quantitative estimate of drug-likeness (QED) is 0.737. The molecule has 3 aromatic rings. The number of rotatable bonds is 4. The van der Waals surface area contributed by atoms with Crippen LogP contribution < -0.4 is 15.6 Å². The van der Waals surface area contributed by atoms with Crippen molar-refractivity contribution in [1.82, 2.24) is 24.7 Å². The molecule has 3 heterocycles. The molecule has 128 valence electrons. The van der Waals surface area contributed by atoms with Crippen LogP contribution >= 0.6 is 0 Å². The fourth-order valence-electron chi connectivity index (χ4n) is 2.90. The van der Waals surface area contributed by atoms with Crippen molar-refractivity contribution in [2.45, 2.75) is 19.4 Å². The molecule has 8 heteroatoms. The topological polar surface area (TPSA) is 97.7 Å². The lowest BCUT2D eigenvalue weighted by Gasteiger charge is -2.09. The third-order valence-corrected chi connectivity index (χ3v) is 4.25. The highest BCUT2D eigenvalue weighted by molar-refractivity contribution is 5.41. The van der Waals surface area contributed by atoms with Gasteiger partial charge in [0.2, 0.25) is 5.95 Å². The zero-order valence-electron chi connectivity index (χ0n) is 13.8. The molecule has 8 nitrogen and oxygen atoms in total. The normalized spacial score (nSPS) is 12.7. The van der Waals surface area contributed by atoms with Gasteiger partial charge in [0.15, 0.2) is 0 Å². The molecule has 0 radical (unpaired) electrons. The van der Waals surface area contributed by atoms with Crippen LogP contribution in [0.15, 0.2) is 35.4 Å². The Labute approximate surface area is 143 Å². The first-order valence-electron chi connectivity index (χ1n) is 8.10. The molecule has 0 amide bonds. The number of para-hydroxylation sites is 1. The van der Waals surface area contributed by atoms with Gasteiger partial charge in [-0.2, -0.15) is 5.10 Å². The summed E-state index contributed by atoms with van der Waals surface area (Å²) in [5.41, 5.74) is 2.19. The monoisotopic (exact) mass is 338 g/mol. The number of hydrogen-bond donors (Lipinski definition) is 2. The Hall–Kier alpha value is -3.16. The van der Waals surface area contributed by atoms with Crippen molar-refractivity contribution in [2.24, 2.45) is 7.05 Å². The van der Waals surface area contributed by atoms with Crippen molar-refractivity contribution in [1.29, 1.82) is 0 Å². The predicted octanol–water partition coefficient (Wildman–Crippen LogP) is 1.04. The molecule has 0 unspecified atom stereocenters. The van der Waals surface area contributed by atoms with Crippen LogP contribution in [0.4, 0.5) is 5.95 Å². The summed E-state index contributed by atoms with van der Waals surface area (Å²) in [6, 6.07) is 7.75. The van der Waals surface area contributed by atoms with E-state index in [1.165, 1.54) is 6.33 Å². The van der Waals surface area contributed by atoms with Gasteiger partial charge in [-0.25, -0.2) is 9.97 Å². The zero-order chi connectivity index (χ0) is 17.2. The number of aryl methyl sites for hydroxylation is 1. The summed E-state index contributed by atoms with van der Waals surface area (Å²) in [6.45, 7) is 0.879.